The molecule has 0 saturated carbocycles. The van der Waals surface area contributed by atoms with Crippen LogP contribution in [0.3, 0.4) is 0 Å². The van der Waals surface area contributed by atoms with Gasteiger partial charge in [-0.15, -0.1) is 0 Å². The van der Waals surface area contributed by atoms with Crippen LogP contribution < -0.4 is 4.74 Å². The summed E-state index contributed by atoms with van der Waals surface area (Å²) in [6.07, 6.45) is 1.84. The number of ketones is 1. The Labute approximate surface area is 125 Å². The second kappa shape index (κ2) is 5.19. The van der Waals surface area contributed by atoms with Crippen LogP contribution in [0.1, 0.15) is 22.8 Å². The molecule has 1 atom stereocenters. The zero-order valence-corrected chi connectivity index (χ0v) is 11.8. The lowest BCUT2D eigenvalue weighted by Gasteiger charge is -2.27. The zero-order chi connectivity index (χ0) is 16.7. The maximum Gasteiger partial charge on any atom is 0.340 e. The summed E-state index contributed by atoms with van der Waals surface area (Å²) >= 11 is 0. The molecular weight excluding hydrogens is 292 g/mol. The largest absolute Gasteiger partial charge is 0.507 e. The van der Waals surface area contributed by atoms with E-state index in [4.69, 9.17) is 4.74 Å². The van der Waals surface area contributed by atoms with E-state index in [1.165, 1.54) is 20.1 Å². The molecule has 1 aliphatic carbocycles. The van der Waals surface area contributed by atoms with Crippen molar-refractivity contribution in [1.82, 2.24) is 0 Å². The van der Waals surface area contributed by atoms with Crippen LogP contribution in [0, 0.1) is 0 Å². The number of aromatic carboxylic acids is 1. The number of carboxylic acids is 1. The SMILES string of the molecule is COc1cc(O)c(C(=O)O)c(C2=CC(=O)C(O)=C[C@]2(C)O)c1. The molecule has 0 bridgehead atoms. The average Bonchev–Trinajstić information content (AvgIpc) is 2.40. The number of carbonyl (C=O) groups is 2. The normalized spacial score (nSPS) is 21.1. The van der Waals surface area contributed by atoms with E-state index in [9.17, 15) is 30.0 Å². The van der Waals surface area contributed by atoms with Crippen LogP contribution in [0.4, 0.5) is 0 Å². The highest BCUT2D eigenvalue weighted by Gasteiger charge is 2.35. The van der Waals surface area contributed by atoms with Gasteiger partial charge in [0.05, 0.1) is 7.11 Å². The number of aromatic hydroxyl groups is 1. The van der Waals surface area contributed by atoms with E-state index in [2.05, 4.69) is 0 Å². The predicted molar refractivity (Wildman–Crippen MR) is 75.9 cm³/mol. The molecule has 0 heterocycles. The maximum atomic E-state index is 11.6. The van der Waals surface area contributed by atoms with E-state index in [-0.39, 0.29) is 16.9 Å². The standard InChI is InChI=1S/C15H14O7/c1-15(21)6-12(18)10(16)5-9(15)8-3-7(22-2)4-11(17)13(8)14(19)20/h3-6,17-18,21H,1-2H3,(H,19,20)/t15-/m0/s1. The van der Waals surface area contributed by atoms with E-state index >= 15 is 0 Å². The number of carboxylic acid groups (broad SMARTS) is 1. The second-order valence-electron chi connectivity index (χ2n) is 4.97. The molecule has 1 aromatic carbocycles. The lowest BCUT2D eigenvalue weighted by molar-refractivity contribution is -0.114. The van der Waals surface area contributed by atoms with Crippen LogP contribution in [0.15, 0.2) is 30.0 Å². The Hall–Kier alpha value is -2.80. The van der Waals surface area contributed by atoms with Crippen molar-refractivity contribution in [1.29, 1.82) is 0 Å². The number of rotatable bonds is 3. The number of hydrogen-bond acceptors (Lipinski definition) is 6. The van der Waals surface area contributed by atoms with E-state index in [1.54, 1.807) is 0 Å². The van der Waals surface area contributed by atoms with Gasteiger partial charge in [-0.25, -0.2) is 4.79 Å². The summed E-state index contributed by atoms with van der Waals surface area (Å²) in [7, 11) is 1.32. The molecule has 0 saturated heterocycles. The molecule has 0 fully saturated rings. The summed E-state index contributed by atoms with van der Waals surface area (Å²) in [4.78, 5) is 23.0. The summed E-state index contributed by atoms with van der Waals surface area (Å²) in [5, 5.41) is 38.9. The van der Waals surface area contributed by atoms with Crippen LogP contribution in [0.25, 0.3) is 5.57 Å². The van der Waals surface area contributed by atoms with Gasteiger partial charge in [-0.3, -0.25) is 4.79 Å². The predicted octanol–water partition coefficient (Wildman–Crippen LogP) is 1.26. The molecule has 0 radical (unpaired) electrons. The molecule has 1 aromatic rings. The fourth-order valence-electron chi connectivity index (χ4n) is 2.27. The van der Waals surface area contributed by atoms with Gasteiger partial charge in [0.25, 0.3) is 0 Å². The van der Waals surface area contributed by atoms with Crippen molar-refractivity contribution < 1.29 is 34.8 Å². The molecule has 4 N–H and O–H groups in total. The number of aliphatic hydroxyl groups excluding tert-OH is 1. The number of aliphatic hydroxyl groups is 2. The zero-order valence-electron chi connectivity index (χ0n) is 11.8. The highest BCUT2D eigenvalue weighted by atomic mass is 16.5. The fourth-order valence-corrected chi connectivity index (χ4v) is 2.27. The molecule has 116 valence electrons. The first-order valence-corrected chi connectivity index (χ1v) is 6.22. The highest BCUT2D eigenvalue weighted by Crippen LogP contribution is 2.39. The van der Waals surface area contributed by atoms with Gasteiger partial charge in [0.1, 0.15) is 22.7 Å². The Morgan fingerprint density at radius 2 is 1.91 bits per heavy atom. The summed E-state index contributed by atoms with van der Waals surface area (Å²) in [5.74, 6) is -3.26. The van der Waals surface area contributed by atoms with Gasteiger partial charge in [0.2, 0.25) is 5.78 Å². The summed E-state index contributed by atoms with van der Waals surface area (Å²) < 4.78 is 4.97. The molecule has 7 heteroatoms. The van der Waals surface area contributed by atoms with Gasteiger partial charge in [-0.1, -0.05) is 0 Å². The van der Waals surface area contributed by atoms with Gasteiger partial charge in [0.15, 0.2) is 5.76 Å². The van der Waals surface area contributed by atoms with Crippen LogP contribution in [0.5, 0.6) is 11.5 Å². The first kappa shape index (κ1) is 15.6. The van der Waals surface area contributed by atoms with Crippen LogP contribution >= 0.6 is 0 Å². The van der Waals surface area contributed by atoms with Crippen molar-refractivity contribution >= 4 is 17.3 Å². The topological polar surface area (TPSA) is 124 Å². The number of carbonyl (C=O) groups excluding carboxylic acids is 1. The fraction of sp³-hybridized carbons (Fsp3) is 0.200. The molecule has 0 aliphatic heterocycles. The second-order valence-corrected chi connectivity index (χ2v) is 4.97. The first-order chi connectivity index (χ1) is 10.2. The van der Waals surface area contributed by atoms with Gasteiger partial charge < -0.3 is 25.2 Å². The Balaban J connectivity index is 2.76. The van der Waals surface area contributed by atoms with Crippen molar-refractivity contribution in [2.24, 2.45) is 0 Å². The van der Waals surface area contributed by atoms with E-state index in [0.717, 1.165) is 18.2 Å². The number of benzene rings is 1. The van der Waals surface area contributed by atoms with Crippen molar-refractivity contribution in [2.75, 3.05) is 7.11 Å². The molecule has 22 heavy (non-hydrogen) atoms. The number of methoxy groups -OCH3 is 1. The molecule has 7 nitrogen and oxygen atoms in total. The van der Waals surface area contributed by atoms with E-state index in [1.807, 2.05) is 0 Å². The Bertz CT molecular complexity index is 726. The number of hydrogen-bond donors (Lipinski definition) is 4. The molecule has 0 amide bonds. The Morgan fingerprint density at radius 1 is 1.27 bits per heavy atom. The van der Waals surface area contributed by atoms with Crippen LogP contribution in [0.2, 0.25) is 0 Å². The number of phenols is 1. The first-order valence-electron chi connectivity index (χ1n) is 6.22. The van der Waals surface area contributed by atoms with Crippen molar-refractivity contribution in [3.05, 3.63) is 41.2 Å². The lowest BCUT2D eigenvalue weighted by Crippen LogP contribution is -2.29. The molecule has 0 spiro atoms. The van der Waals surface area contributed by atoms with E-state index in [0.29, 0.717) is 0 Å². The number of ether oxygens (including phenoxy) is 1. The summed E-state index contributed by atoms with van der Waals surface area (Å²) in [5.41, 5.74) is -2.41. The maximum absolute atomic E-state index is 11.6. The van der Waals surface area contributed by atoms with E-state index < -0.39 is 34.4 Å². The molecule has 2 rings (SSSR count). The van der Waals surface area contributed by atoms with Gasteiger partial charge in [-0.05, 0) is 30.7 Å². The average molecular weight is 306 g/mol. The summed E-state index contributed by atoms with van der Waals surface area (Å²) in [6, 6.07) is 2.40. The minimum Gasteiger partial charge on any atom is -0.507 e. The minimum atomic E-state index is -1.79. The van der Waals surface area contributed by atoms with Gasteiger partial charge >= 0.3 is 5.97 Å². The monoisotopic (exact) mass is 306 g/mol. The summed E-state index contributed by atoms with van der Waals surface area (Å²) in [6.45, 7) is 1.28. The van der Waals surface area contributed by atoms with Crippen LogP contribution in [-0.4, -0.2) is 44.9 Å². The van der Waals surface area contributed by atoms with Gasteiger partial charge in [0, 0.05) is 11.6 Å². The van der Waals surface area contributed by atoms with Crippen molar-refractivity contribution in [3.8, 4) is 11.5 Å². The third kappa shape index (κ3) is 2.53. The quantitative estimate of drug-likeness (QED) is 0.662. The molecule has 1 aliphatic rings. The van der Waals surface area contributed by atoms with Crippen molar-refractivity contribution in [2.45, 2.75) is 12.5 Å². The smallest absolute Gasteiger partial charge is 0.340 e. The van der Waals surface area contributed by atoms with Gasteiger partial charge in [-0.2, -0.15) is 0 Å². The van der Waals surface area contributed by atoms with Crippen molar-refractivity contribution in [3.63, 3.8) is 0 Å². The molecular formula is C15H14O7. The highest BCUT2D eigenvalue weighted by molar-refractivity contribution is 6.11. The minimum absolute atomic E-state index is 0.0677. The molecule has 0 unspecified atom stereocenters. The Kier molecular flexibility index (Phi) is 3.68. The third-order valence-electron chi connectivity index (χ3n) is 3.32. The Morgan fingerprint density at radius 3 is 2.45 bits per heavy atom. The molecule has 0 aromatic heterocycles. The number of allylic oxidation sites excluding steroid dienone is 1. The third-order valence-corrected chi connectivity index (χ3v) is 3.32. The van der Waals surface area contributed by atoms with Crippen LogP contribution in [-0.2, 0) is 4.79 Å². The lowest BCUT2D eigenvalue weighted by atomic mass is 9.82.